The number of alkyl carbamates (subject to hydrolysis) is 1. The summed E-state index contributed by atoms with van der Waals surface area (Å²) >= 11 is 0. The van der Waals surface area contributed by atoms with Gasteiger partial charge in [0, 0.05) is 59.6 Å². The van der Waals surface area contributed by atoms with Crippen LogP contribution in [0.1, 0.15) is 51.7 Å². The highest BCUT2D eigenvalue weighted by Crippen LogP contribution is 2.21. The molecule has 4 rings (SSSR count). The summed E-state index contributed by atoms with van der Waals surface area (Å²) in [5.41, 5.74) is 3.49. The minimum absolute atomic E-state index is 0.0557. The van der Waals surface area contributed by atoms with Crippen LogP contribution in [0.3, 0.4) is 0 Å². The number of ether oxygens (including phenoxy) is 1. The zero-order chi connectivity index (χ0) is 31.5. The van der Waals surface area contributed by atoms with Crippen molar-refractivity contribution < 1.29 is 19.1 Å². The second kappa shape index (κ2) is 15.4. The van der Waals surface area contributed by atoms with E-state index in [1.54, 1.807) is 20.8 Å². The molecule has 236 valence electrons. The number of benzene rings is 2. The number of H-pyrrole nitrogens is 2. The molecule has 0 spiro atoms. The van der Waals surface area contributed by atoms with Gasteiger partial charge in [0.15, 0.2) is 0 Å². The average molecular weight is 603 g/mol. The number of amides is 3. The van der Waals surface area contributed by atoms with E-state index in [0.29, 0.717) is 25.9 Å². The minimum Gasteiger partial charge on any atom is -0.444 e. The summed E-state index contributed by atoms with van der Waals surface area (Å²) in [6, 6.07) is 15.2. The van der Waals surface area contributed by atoms with Crippen LogP contribution in [0.25, 0.3) is 21.8 Å². The van der Waals surface area contributed by atoms with Gasteiger partial charge in [-0.25, -0.2) is 4.79 Å². The maximum absolute atomic E-state index is 13.1. The third kappa shape index (κ3) is 9.60. The Bertz CT molecular complexity index is 1540. The van der Waals surface area contributed by atoms with E-state index in [9.17, 15) is 14.4 Å². The van der Waals surface area contributed by atoms with Crippen molar-refractivity contribution in [1.82, 2.24) is 31.2 Å². The number of hydrogen-bond acceptors (Lipinski definition) is 5. The molecule has 0 unspecified atom stereocenters. The van der Waals surface area contributed by atoms with E-state index in [1.807, 2.05) is 61.8 Å². The van der Waals surface area contributed by atoms with E-state index in [2.05, 4.69) is 37.3 Å². The van der Waals surface area contributed by atoms with E-state index in [0.717, 1.165) is 58.9 Å². The first-order chi connectivity index (χ1) is 21.1. The van der Waals surface area contributed by atoms with E-state index >= 15 is 0 Å². The Hall–Kier alpha value is -4.31. The van der Waals surface area contributed by atoms with Crippen LogP contribution in [0.2, 0.25) is 0 Å². The quantitative estimate of drug-likeness (QED) is 0.111. The van der Waals surface area contributed by atoms with Crippen molar-refractivity contribution >= 4 is 39.7 Å². The predicted octanol–water partition coefficient (Wildman–Crippen LogP) is 4.57. The van der Waals surface area contributed by atoms with Gasteiger partial charge in [0.25, 0.3) is 0 Å². The molecule has 6 N–H and O–H groups in total. The number of aromatic amines is 2. The molecule has 0 radical (unpaired) electrons. The molecular formula is C34H46N6O4. The maximum atomic E-state index is 13.1. The van der Waals surface area contributed by atoms with E-state index in [1.165, 1.54) is 0 Å². The van der Waals surface area contributed by atoms with E-state index < -0.39 is 17.7 Å². The molecule has 0 saturated carbocycles. The van der Waals surface area contributed by atoms with Gasteiger partial charge in [0.05, 0.1) is 0 Å². The molecule has 0 aliphatic rings. The van der Waals surface area contributed by atoms with Gasteiger partial charge in [0.1, 0.15) is 11.6 Å². The lowest BCUT2D eigenvalue weighted by atomic mass is 10.00. The topological polar surface area (TPSA) is 140 Å². The molecule has 4 aromatic rings. The molecule has 10 heteroatoms. The first kappa shape index (κ1) is 32.6. The Kier molecular flexibility index (Phi) is 11.4. The van der Waals surface area contributed by atoms with E-state index in [4.69, 9.17) is 4.74 Å². The molecular weight excluding hydrogens is 556 g/mol. The number of carbonyl (C=O) groups excluding carboxylic acids is 3. The van der Waals surface area contributed by atoms with Crippen LogP contribution in [0.4, 0.5) is 4.79 Å². The molecule has 0 bridgehead atoms. The van der Waals surface area contributed by atoms with E-state index in [-0.39, 0.29) is 17.7 Å². The molecule has 3 amide bonds. The molecule has 44 heavy (non-hydrogen) atoms. The SMILES string of the molecule is C[C@@H](Cc1c[nH]c2ccccc12)C(=O)NCCCNCCCNC(=O)[C@H](Cc1c[nH]c2ccccc12)NC(=O)OC(C)(C)C. The minimum atomic E-state index is -0.779. The van der Waals surface area contributed by atoms with Crippen molar-refractivity contribution in [3.63, 3.8) is 0 Å². The Morgan fingerprint density at radius 3 is 1.84 bits per heavy atom. The third-order valence-corrected chi connectivity index (χ3v) is 7.41. The lowest BCUT2D eigenvalue weighted by Crippen LogP contribution is -2.49. The van der Waals surface area contributed by atoms with Gasteiger partial charge in [-0.3, -0.25) is 9.59 Å². The number of aromatic nitrogens is 2. The maximum Gasteiger partial charge on any atom is 0.408 e. The van der Waals surface area contributed by atoms with Crippen molar-refractivity contribution in [3.8, 4) is 0 Å². The average Bonchev–Trinajstić information content (AvgIpc) is 3.58. The Morgan fingerprint density at radius 2 is 1.27 bits per heavy atom. The summed E-state index contributed by atoms with van der Waals surface area (Å²) in [6.45, 7) is 9.87. The van der Waals surface area contributed by atoms with Gasteiger partial charge in [-0.05, 0) is 76.4 Å². The van der Waals surface area contributed by atoms with Crippen molar-refractivity contribution in [2.24, 2.45) is 5.92 Å². The second-order valence-corrected chi connectivity index (χ2v) is 12.3. The summed E-state index contributed by atoms with van der Waals surface area (Å²) in [5, 5.41) is 14.3. The fourth-order valence-electron chi connectivity index (χ4n) is 5.17. The van der Waals surface area contributed by atoms with Gasteiger partial charge in [-0.2, -0.15) is 0 Å². The zero-order valence-electron chi connectivity index (χ0n) is 26.2. The predicted molar refractivity (Wildman–Crippen MR) is 174 cm³/mol. The summed E-state index contributed by atoms with van der Waals surface area (Å²) in [6.07, 6.45) is 5.80. The van der Waals surface area contributed by atoms with Crippen LogP contribution in [-0.4, -0.2) is 65.7 Å². The fraction of sp³-hybridized carbons (Fsp3) is 0.441. The molecule has 0 aliphatic carbocycles. The third-order valence-electron chi connectivity index (χ3n) is 7.41. The lowest BCUT2D eigenvalue weighted by molar-refractivity contribution is -0.124. The Balaban J connectivity index is 1.13. The number of fused-ring (bicyclic) bond motifs is 2. The number of hydrogen-bond donors (Lipinski definition) is 6. The Labute approximate surface area is 259 Å². The normalized spacial score (nSPS) is 13.0. The lowest BCUT2D eigenvalue weighted by Gasteiger charge is -2.23. The number of para-hydroxylation sites is 2. The van der Waals surface area contributed by atoms with Crippen LogP contribution >= 0.6 is 0 Å². The molecule has 2 aromatic heterocycles. The number of carbonyl (C=O) groups is 3. The highest BCUT2D eigenvalue weighted by molar-refractivity contribution is 5.88. The smallest absolute Gasteiger partial charge is 0.408 e. The largest absolute Gasteiger partial charge is 0.444 e. The van der Waals surface area contributed by atoms with Crippen LogP contribution in [0.15, 0.2) is 60.9 Å². The van der Waals surface area contributed by atoms with Crippen LogP contribution in [-0.2, 0) is 27.2 Å². The molecule has 2 heterocycles. The molecule has 2 aromatic carbocycles. The zero-order valence-corrected chi connectivity index (χ0v) is 26.2. The fourth-order valence-corrected chi connectivity index (χ4v) is 5.17. The van der Waals surface area contributed by atoms with Crippen LogP contribution < -0.4 is 21.3 Å². The highest BCUT2D eigenvalue weighted by atomic mass is 16.6. The summed E-state index contributed by atoms with van der Waals surface area (Å²) in [5.74, 6) is -0.318. The van der Waals surface area contributed by atoms with Gasteiger partial charge < -0.3 is 36.0 Å². The molecule has 2 atom stereocenters. The highest BCUT2D eigenvalue weighted by Gasteiger charge is 2.25. The summed E-state index contributed by atoms with van der Waals surface area (Å²) < 4.78 is 5.41. The number of rotatable bonds is 15. The monoisotopic (exact) mass is 602 g/mol. The molecule has 10 nitrogen and oxygen atoms in total. The van der Waals surface area contributed by atoms with Gasteiger partial charge >= 0.3 is 6.09 Å². The molecule has 0 aliphatic heterocycles. The Morgan fingerprint density at radius 1 is 0.750 bits per heavy atom. The first-order valence-electron chi connectivity index (χ1n) is 15.5. The van der Waals surface area contributed by atoms with Crippen molar-refractivity contribution in [2.75, 3.05) is 26.2 Å². The van der Waals surface area contributed by atoms with Crippen LogP contribution in [0, 0.1) is 5.92 Å². The van der Waals surface area contributed by atoms with Gasteiger partial charge in [-0.15, -0.1) is 0 Å². The summed E-state index contributed by atoms with van der Waals surface area (Å²) in [7, 11) is 0. The number of nitrogens with one attached hydrogen (secondary N) is 6. The van der Waals surface area contributed by atoms with Gasteiger partial charge in [-0.1, -0.05) is 43.3 Å². The van der Waals surface area contributed by atoms with Crippen molar-refractivity contribution in [1.29, 1.82) is 0 Å². The summed E-state index contributed by atoms with van der Waals surface area (Å²) in [4.78, 5) is 44.7. The molecule has 0 saturated heterocycles. The first-order valence-corrected chi connectivity index (χ1v) is 15.5. The second-order valence-electron chi connectivity index (χ2n) is 12.3. The van der Waals surface area contributed by atoms with Crippen molar-refractivity contribution in [3.05, 3.63) is 72.1 Å². The standard InChI is InChI=1S/C34H46N6O4/c1-23(19-24-21-38-28-13-7-5-11-26(24)28)31(41)36-17-9-15-35-16-10-18-37-32(42)30(40-33(43)44-34(2,3)4)20-25-22-39-29-14-8-6-12-27(25)29/h5-8,11-14,21-23,30,35,38-39H,9-10,15-20H2,1-4H3,(H,36,41)(H,37,42)(H,40,43)/t23-,30-/m0/s1. The van der Waals surface area contributed by atoms with Crippen molar-refractivity contribution in [2.45, 2.75) is 65.0 Å². The van der Waals surface area contributed by atoms with Crippen LogP contribution in [0.5, 0.6) is 0 Å². The molecule has 0 fully saturated rings. The van der Waals surface area contributed by atoms with Gasteiger partial charge in [0.2, 0.25) is 11.8 Å².